The summed E-state index contributed by atoms with van der Waals surface area (Å²) >= 11 is 11.6. The van der Waals surface area contributed by atoms with Crippen LogP contribution in [0.2, 0.25) is 0 Å². The zero-order valence-corrected chi connectivity index (χ0v) is 28.8. The van der Waals surface area contributed by atoms with Crippen LogP contribution in [-0.2, 0) is 15.0 Å². The fourth-order valence-electron chi connectivity index (χ4n) is 8.51. The van der Waals surface area contributed by atoms with Crippen molar-refractivity contribution in [1.82, 2.24) is 24.7 Å². The number of nitrogens with one attached hydrogen (secondary N) is 1. The molecule has 3 aliphatic rings. The van der Waals surface area contributed by atoms with E-state index in [9.17, 15) is 14.0 Å². The Bertz CT molecular complexity index is 1570. The zero-order valence-electron chi connectivity index (χ0n) is 27.3. The summed E-state index contributed by atoms with van der Waals surface area (Å²) in [7, 11) is 0. The van der Waals surface area contributed by atoms with Crippen molar-refractivity contribution in [3.8, 4) is 0 Å². The molecule has 3 aromatic rings. The second-order valence-electron chi connectivity index (χ2n) is 14.2. The van der Waals surface area contributed by atoms with Gasteiger partial charge in [0.2, 0.25) is 5.91 Å². The van der Waals surface area contributed by atoms with Crippen molar-refractivity contribution in [2.75, 3.05) is 19.6 Å². The maximum atomic E-state index is 14.6. The summed E-state index contributed by atoms with van der Waals surface area (Å²) in [6, 6.07) is 16.9. The lowest BCUT2D eigenvalue weighted by Crippen LogP contribution is -2.63. The Morgan fingerprint density at radius 3 is 2.35 bits per heavy atom. The highest BCUT2D eigenvalue weighted by Crippen LogP contribution is 2.45. The number of amides is 2. The summed E-state index contributed by atoms with van der Waals surface area (Å²) in [6.45, 7) is 9.69. The molecule has 3 aliphatic heterocycles. The van der Waals surface area contributed by atoms with Crippen LogP contribution in [0.25, 0.3) is 11.0 Å². The lowest BCUT2D eigenvalue weighted by atomic mass is 9.69. The molecule has 7 nitrogen and oxygen atoms in total. The Balaban J connectivity index is 1.18. The molecule has 46 heavy (non-hydrogen) atoms. The zero-order chi connectivity index (χ0) is 32.8. The SMILES string of the molecule is Cc1nc2ccccc2n1[C@H]1C[C@H]2CC[C@@H](C1)N2CCC1(c2cccc(F)c2)CCN(C(=O)C(C)(NC(=O)C(Cl)Cl)C(C)C)CC1. The number of halogens is 3. The molecule has 1 unspecified atom stereocenters. The average molecular weight is 671 g/mol. The Labute approximate surface area is 281 Å². The van der Waals surface area contributed by atoms with Crippen LogP contribution in [0.15, 0.2) is 48.5 Å². The van der Waals surface area contributed by atoms with Gasteiger partial charge in [0.05, 0.1) is 11.0 Å². The number of aromatic nitrogens is 2. The largest absolute Gasteiger partial charge is 0.341 e. The Morgan fingerprint density at radius 1 is 1.04 bits per heavy atom. The minimum absolute atomic E-state index is 0.139. The Hall–Kier alpha value is -2.68. The van der Waals surface area contributed by atoms with E-state index >= 15 is 0 Å². The van der Waals surface area contributed by atoms with Crippen LogP contribution in [-0.4, -0.2) is 73.3 Å². The van der Waals surface area contributed by atoms with Crippen molar-refractivity contribution >= 4 is 46.0 Å². The molecule has 4 heterocycles. The number of imidazole rings is 1. The molecule has 3 saturated heterocycles. The average Bonchev–Trinajstić information content (AvgIpc) is 3.49. The van der Waals surface area contributed by atoms with Gasteiger partial charge in [-0.2, -0.15) is 0 Å². The van der Waals surface area contributed by atoms with Crippen molar-refractivity contribution in [3.05, 3.63) is 65.7 Å². The number of fused-ring (bicyclic) bond motifs is 3. The third-order valence-corrected chi connectivity index (χ3v) is 11.9. The van der Waals surface area contributed by atoms with Crippen LogP contribution in [0.3, 0.4) is 0 Å². The lowest BCUT2D eigenvalue weighted by Gasteiger charge is -2.47. The third kappa shape index (κ3) is 6.17. The van der Waals surface area contributed by atoms with Crippen molar-refractivity contribution in [2.24, 2.45) is 5.92 Å². The fourth-order valence-corrected chi connectivity index (χ4v) is 8.62. The van der Waals surface area contributed by atoms with Gasteiger partial charge in [0.15, 0.2) is 4.84 Å². The summed E-state index contributed by atoms with van der Waals surface area (Å²) in [5, 5.41) is 2.80. The van der Waals surface area contributed by atoms with Gasteiger partial charge in [-0.15, -0.1) is 0 Å². The van der Waals surface area contributed by atoms with E-state index in [1.807, 2.05) is 24.8 Å². The molecule has 1 N–H and O–H groups in total. The van der Waals surface area contributed by atoms with Crippen LogP contribution in [0.1, 0.15) is 83.1 Å². The number of carbonyl (C=O) groups is 2. The monoisotopic (exact) mass is 669 g/mol. The first-order valence-electron chi connectivity index (χ1n) is 16.8. The molecule has 0 radical (unpaired) electrons. The van der Waals surface area contributed by atoms with Gasteiger partial charge >= 0.3 is 0 Å². The number of aryl methyl sites for hydroxylation is 1. The second kappa shape index (κ2) is 13.1. The van der Waals surface area contributed by atoms with Crippen LogP contribution >= 0.6 is 23.2 Å². The molecule has 2 aromatic carbocycles. The lowest BCUT2D eigenvalue weighted by molar-refractivity contribution is -0.144. The predicted octanol–water partition coefficient (Wildman–Crippen LogP) is 6.94. The van der Waals surface area contributed by atoms with Gasteiger partial charge in [0.25, 0.3) is 5.91 Å². The Morgan fingerprint density at radius 2 is 1.72 bits per heavy atom. The number of hydrogen-bond acceptors (Lipinski definition) is 4. The number of benzene rings is 2. The van der Waals surface area contributed by atoms with Gasteiger partial charge in [-0.05, 0) is 106 Å². The van der Waals surface area contributed by atoms with Crippen molar-refractivity contribution in [1.29, 1.82) is 0 Å². The first-order chi connectivity index (χ1) is 21.9. The van der Waals surface area contributed by atoms with E-state index in [1.165, 1.54) is 24.4 Å². The summed E-state index contributed by atoms with van der Waals surface area (Å²) < 4.78 is 17.1. The normalized spacial score (nSPS) is 24.5. The Kier molecular flexibility index (Phi) is 9.45. The van der Waals surface area contributed by atoms with Gasteiger partial charge < -0.3 is 14.8 Å². The van der Waals surface area contributed by atoms with E-state index in [-0.39, 0.29) is 23.1 Å². The smallest absolute Gasteiger partial charge is 0.254 e. The number of alkyl halides is 2. The van der Waals surface area contributed by atoms with Gasteiger partial charge in [-0.3, -0.25) is 14.5 Å². The molecule has 0 aliphatic carbocycles. The van der Waals surface area contributed by atoms with Gasteiger partial charge in [0.1, 0.15) is 17.2 Å². The van der Waals surface area contributed by atoms with E-state index in [4.69, 9.17) is 28.2 Å². The van der Waals surface area contributed by atoms with E-state index < -0.39 is 16.3 Å². The summed E-state index contributed by atoms with van der Waals surface area (Å²) in [6.07, 6.45) is 6.98. The first-order valence-corrected chi connectivity index (χ1v) is 17.6. The molecule has 248 valence electrons. The standard InChI is InChI=1S/C36H46Cl2FN5O2/c1-23(2)35(4,41-33(45)32(37)38)34(46)42-17-14-36(15-18-42,25-8-7-9-26(39)20-25)16-19-43-27-12-13-28(43)22-29(21-27)44-24(3)40-30-10-5-6-11-31(30)44/h5-11,20,23,27-29,32H,12-19,21-22H2,1-4H3,(H,41,45)/t27-,28+,29+,35?. The van der Waals surface area contributed by atoms with Crippen LogP contribution in [0.4, 0.5) is 4.39 Å². The molecule has 0 saturated carbocycles. The number of piperidine rings is 2. The quantitative estimate of drug-likeness (QED) is 0.251. The maximum Gasteiger partial charge on any atom is 0.254 e. The van der Waals surface area contributed by atoms with E-state index in [0.29, 0.717) is 31.2 Å². The fraction of sp³-hybridized carbons (Fsp3) is 0.583. The minimum Gasteiger partial charge on any atom is -0.341 e. The minimum atomic E-state index is -1.25. The number of hydrogen-bond donors (Lipinski definition) is 1. The molecule has 3 fully saturated rings. The maximum absolute atomic E-state index is 14.6. The number of nitrogens with zero attached hydrogens (tertiary/aromatic N) is 4. The summed E-state index contributed by atoms with van der Waals surface area (Å²) in [4.78, 5) is 34.5. The van der Waals surface area contributed by atoms with Crippen molar-refractivity contribution in [3.63, 3.8) is 0 Å². The van der Waals surface area contributed by atoms with E-state index in [2.05, 4.69) is 46.0 Å². The number of rotatable bonds is 9. The third-order valence-electron chi connectivity index (χ3n) is 11.5. The second-order valence-corrected chi connectivity index (χ2v) is 15.3. The molecule has 6 rings (SSSR count). The molecular formula is C36H46Cl2FN5O2. The summed E-state index contributed by atoms with van der Waals surface area (Å²) in [5.41, 5.74) is 1.91. The van der Waals surface area contributed by atoms with Crippen LogP contribution < -0.4 is 5.32 Å². The molecule has 4 atom stereocenters. The highest BCUT2D eigenvalue weighted by atomic mass is 35.5. The number of carbonyl (C=O) groups excluding carboxylic acids is 2. The highest BCUT2D eigenvalue weighted by molar-refractivity contribution is 6.53. The van der Waals surface area contributed by atoms with Crippen molar-refractivity contribution < 1.29 is 14.0 Å². The molecule has 2 amide bonds. The van der Waals surface area contributed by atoms with Crippen molar-refractivity contribution in [2.45, 2.75) is 107 Å². The molecule has 2 bridgehead atoms. The van der Waals surface area contributed by atoms with Gasteiger partial charge in [-0.1, -0.05) is 61.3 Å². The first kappa shape index (κ1) is 33.2. The predicted molar refractivity (Wildman–Crippen MR) is 182 cm³/mol. The topological polar surface area (TPSA) is 70.5 Å². The molecule has 10 heteroatoms. The van der Waals surface area contributed by atoms with Crippen LogP contribution in [0, 0.1) is 18.7 Å². The number of likely N-dealkylation sites (tertiary alicyclic amines) is 1. The van der Waals surface area contributed by atoms with Gasteiger partial charge in [-0.25, -0.2) is 9.37 Å². The summed E-state index contributed by atoms with van der Waals surface area (Å²) in [5.74, 6) is -0.0306. The van der Waals surface area contributed by atoms with Crippen LogP contribution in [0.5, 0.6) is 0 Å². The van der Waals surface area contributed by atoms with Gasteiger partial charge in [0, 0.05) is 31.2 Å². The number of para-hydroxylation sites is 2. The van der Waals surface area contributed by atoms with E-state index in [1.54, 1.807) is 19.1 Å². The molecule has 0 spiro atoms. The highest BCUT2D eigenvalue weighted by Gasteiger charge is 2.47. The molecule has 1 aromatic heterocycles. The van der Waals surface area contributed by atoms with E-state index in [0.717, 1.165) is 55.6 Å². The molecular weight excluding hydrogens is 624 g/mol.